The van der Waals surface area contributed by atoms with E-state index in [2.05, 4.69) is 0 Å². The van der Waals surface area contributed by atoms with Crippen molar-refractivity contribution in [3.05, 3.63) is 0 Å². The van der Waals surface area contributed by atoms with Crippen LogP contribution in [0.3, 0.4) is 0 Å². The number of rotatable bonds is 0. The Morgan fingerprint density at radius 3 is 0.368 bits per heavy atom. The van der Waals surface area contributed by atoms with E-state index < -0.39 is 0 Å². The number of hydrogen-bond donors (Lipinski definition) is 0. The molecule has 7 heteroatoms. The van der Waals surface area contributed by atoms with Crippen molar-refractivity contribution in [2.24, 2.45) is 0 Å². The van der Waals surface area contributed by atoms with Crippen LogP contribution in [0.1, 0.15) is 41.5 Å². The maximum absolute atomic E-state index is 8.93. The van der Waals surface area contributed by atoms with Crippen molar-refractivity contribution in [1.82, 2.24) is 0 Å². The van der Waals surface area contributed by atoms with E-state index in [1.807, 2.05) is 0 Å². The zero-order valence-electron chi connectivity index (χ0n) is 13.1. The zero-order valence-corrected chi connectivity index (χ0v) is 15.1. The molecule has 0 aliphatic rings. The van der Waals surface area contributed by atoms with Crippen molar-refractivity contribution in [3.63, 3.8) is 0 Å². The summed E-state index contributed by atoms with van der Waals surface area (Å²) in [6.07, 6.45) is 0. The van der Waals surface area contributed by atoms with Gasteiger partial charge < -0.3 is 30.6 Å². The third kappa shape index (κ3) is 24800. The third-order valence-electron chi connectivity index (χ3n) is 0. The zero-order chi connectivity index (χ0) is 16.2. The second-order valence-electron chi connectivity index (χ2n) is 1.73. The Hall–Kier alpha value is 0.448. The molecule has 0 rings (SSSR count). The van der Waals surface area contributed by atoms with Crippen LogP contribution in [0.25, 0.3) is 0 Å². The van der Waals surface area contributed by atoms with Crippen LogP contribution in [0.2, 0.25) is 0 Å². The van der Waals surface area contributed by atoms with Crippen LogP contribution in [0.5, 0.6) is 0 Å². The van der Waals surface area contributed by atoms with E-state index in [-0.39, 0.29) is 60.7 Å². The SMILES string of the molecule is CC[O-].CC[O-].CC[O-].CC[O-].CC[O-].CC[O-].[Mo]. The van der Waals surface area contributed by atoms with E-state index in [1.165, 1.54) is 0 Å². The van der Waals surface area contributed by atoms with Gasteiger partial charge in [-0.3, -0.25) is 0 Å². The summed E-state index contributed by atoms with van der Waals surface area (Å²) in [4.78, 5) is 0. The van der Waals surface area contributed by atoms with Gasteiger partial charge in [0.15, 0.2) is 0 Å². The van der Waals surface area contributed by atoms with Crippen molar-refractivity contribution in [2.45, 2.75) is 41.5 Å². The van der Waals surface area contributed by atoms with Gasteiger partial charge in [0.1, 0.15) is 0 Å². The third-order valence-corrected chi connectivity index (χ3v) is 0. The molecule has 0 N–H and O–H groups in total. The minimum Gasteiger partial charge on any atom is -0.855 e. The molecule has 0 bridgehead atoms. The summed E-state index contributed by atoms with van der Waals surface area (Å²) >= 11 is 0. The molecule has 0 aromatic carbocycles. The largest absolute Gasteiger partial charge is 0.855 e. The molecule has 0 saturated carbocycles. The molecule has 0 spiro atoms. The van der Waals surface area contributed by atoms with Gasteiger partial charge in [0, 0.05) is 21.1 Å². The second kappa shape index (κ2) is 135. The van der Waals surface area contributed by atoms with Crippen molar-refractivity contribution in [2.75, 3.05) is 39.6 Å². The van der Waals surface area contributed by atoms with Crippen LogP contribution in [-0.2, 0) is 21.1 Å². The standard InChI is InChI=1S/6C2H5O.Mo/c6*1-2-3;/h6*2H2,1H3;/q6*-1;. The predicted octanol–water partition coefficient (Wildman–Crippen LogP) is -3.80. The number of hydrogen-bond acceptors (Lipinski definition) is 6. The van der Waals surface area contributed by atoms with Crippen molar-refractivity contribution < 1.29 is 51.7 Å². The average molecular weight is 366 g/mol. The molecule has 0 atom stereocenters. The van der Waals surface area contributed by atoms with E-state index >= 15 is 0 Å². The van der Waals surface area contributed by atoms with Crippen LogP contribution < -0.4 is 30.6 Å². The predicted molar refractivity (Wildman–Crippen MR) is 63.2 cm³/mol. The van der Waals surface area contributed by atoms with Crippen LogP contribution in [0.15, 0.2) is 0 Å². The fourth-order valence-corrected chi connectivity index (χ4v) is 0. The fourth-order valence-electron chi connectivity index (χ4n) is 0. The molecule has 0 amide bonds. The van der Waals surface area contributed by atoms with Gasteiger partial charge in [0.2, 0.25) is 0 Å². The van der Waals surface area contributed by atoms with E-state index in [9.17, 15) is 0 Å². The first-order valence-corrected chi connectivity index (χ1v) is 5.97. The minimum atomic E-state index is 0. The van der Waals surface area contributed by atoms with Gasteiger partial charge in [-0.15, -0.1) is 39.6 Å². The maximum atomic E-state index is 8.93. The monoisotopic (exact) mass is 368 g/mol. The first-order chi connectivity index (χ1) is 8.49. The smallest absolute Gasteiger partial charge is 0 e. The van der Waals surface area contributed by atoms with Crippen molar-refractivity contribution in [3.8, 4) is 0 Å². The van der Waals surface area contributed by atoms with Gasteiger partial charge in [-0.2, -0.15) is 0 Å². The summed E-state index contributed by atoms with van der Waals surface area (Å²) in [5, 5.41) is 53.6. The van der Waals surface area contributed by atoms with Gasteiger partial charge in [0.25, 0.3) is 0 Å². The Kier molecular flexibility index (Phi) is 304. The summed E-state index contributed by atoms with van der Waals surface area (Å²) in [6, 6.07) is 0. The van der Waals surface area contributed by atoms with Crippen LogP contribution in [-0.4, -0.2) is 39.6 Å². The molecule has 0 unspecified atom stereocenters. The summed E-state index contributed by atoms with van der Waals surface area (Å²) in [6.45, 7) is 9.42. The van der Waals surface area contributed by atoms with Crippen LogP contribution >= 0.6 is 0 Å². The first kappa shape index (κ1) is 42.7. The van der Waals surface area contributed by atoms with Crippen LogP contribution in [0, 0.1) is 0 Å². The van der Waals surface area contributed by atoms with E-state index in [0.29, 0.717) is 0 Å². The summed E-state index contributed by atoms with van der Waals surface area (Å²) < 4.78 is 0. The minimum absolute atomic E-state index is 0. The molecule has 0 aliphatic carbocycles. The first-order valence-electron chi connectivity index (χ1n) is 5.97. The van der Waals surface area contributed by atoms with Gasteiger partial charge in [-0.25, -0.2) is 0 Å². The molecule has 0 fully saturated rings. The topological polar surface area (TPSA) is 138 Å². The van der Waals surface area contributed by atoms with Crippen molar-refractivity contribution in [1.29, 1.82) is 0 Å². The van der Waals surface area contributed by atoms with Gasteiger partial charge in [0.05, 0.1) is 0 Å². The quantitative estimate of drug-likeness (QED) is 0.403. The normalized spacial score (nSPS) is 5.68. The molecular formula is C12H30MoO6-6. The van der Waals surface area contributed by atoms with Crippen molar-refractivity contribution >= 4 is 0 Å². The molecule has 0 saturated heterocycles. The molecule has 0 heterocycles. The van der Waals surface area contributed by atoms with Gasteiger partial charge in [-0.1, -0.05) is 41.5 Å². The molecule has 6 nitrogen and oxygen atoms in total. The van der Waals surface area contributed by atoms with E-state index in [0.717, 1.165) is 0 Å². The Balaban J connectivity index is -0.0000000180. The van der Waals surface area contributed by atoms with Gasteiger partial charge >= 0.3 is 0 Å². The second-order valence-corrected chi connectivity index (χ2v) is 1.73. The van der Waals surface area contributed by atoms with E-state index in [4.69, 9.17) is 30.6 Å². The summed E-state index contributed by atoms with van der Waals surface area (Å²) in [7, 11) is 0. The van der Waals surface area contributed by atoms with E-state index in [1.54, 1.807) is 41.5 Å². The molecule has 126 valence electrons. The Morgan fingerprint density at radius 1 is 0.368 bits per heavy atom. The Morgan fingerprint density at radius 2 is 0.368 bits per heavy atom. The molecule has 0 aromatic rings. The molecule has 0 radical (unpaired) electrons. The summed E-state index contributed by atoms with van der Waals surface area (Å²) in [5.41, 5.74) is 0. The van der Waals surface area contributed by atoms with Crippen LogP contribution in [0.4, 0.5) is 0 Å². The molecule has 19 heavy (non-hydrogen) atoms. The Labute approximate surface area is 133 Å². The molecule has 0 aliphatic heterocycles. The average Bonchev–Trinajstić information content (AvgIpc) is 2.23. The molecule has 0 aromatic heterocycles. The molecular weight excluding hydrogens is 336 g/mol. The Bertz CT molecular complexity index is 37.7. The van der Waals surface area contributed by atoms with Gasteiger partial charge in [-0.05, 0) is 0 Å². The maximum Gasteiger partial charge on any atom is 0 e. The summed E-state index contributed by atoms with van der Waals surface area (Å²) in [5.74, 6) is 0. The fraction of sp³-hybridized carbons (Fsp3) is 1.00.